The third-order valence-electron chi connectivity index (χ3n) is 5.30. The summed E-state index contributed by atoms with van der Waals surface area (Å²) in [5.74, 6) is 1.01. The lowest BCUT2D eigenvalue weighted by Gasteiger charge is -2.21. The molecule has 2 aromatic heterocycles. The van der Waals surface area contributed by atoms with E-state index in [0.717, 1.165) is 29.6 Å². The average molecular weight is 451 g/mol. The topological polar surface area (TPSA) is 69.5 Å². The molecule has 166 valence electrons. The van der Waals surface area contributed by atoms with Gasteiger partial charge in [-0.15, -0.1) is 0 Å². The van der Waals surface area contributed by atoms with Gasteiger partial charge in [0.1, 0.15) is 11.5 Å². The number of aryl methyl sites for hydroxylation is 2. The van der Waals surface area contributed by atoms with Gasteiger partial charge in [0.25, 0.3) is 5.91 Å². The van der Waals surface area contributed by atoms with Crippen molar-refractivity contribution in [2.24, 2.45) is 0 Å². The molecule has 8 heteroatoms. The second-order valence-electron chi connectivity index (χ2n) is 7.33. The van der Waals surface area contributed by atoms with Gasteiger partial charge in [-0.3, -0.25) is 9.69 Å². The predicted molar refractivity (Wildman–Crippen MR) is 127 cm³/mol. The van der Waals surface area contributed by atoms with Crippen LogP contribution in [0.2, 0.25) is 0 Å². The van der Waals surface area contributed by atoms with Crippen molar-refractivity contribution in [2.45, 2.75) is 26.3 Å². The summed E-state index contributed by atoms with van der Waals surface area (Å²) in [7, 11) is 3.15. The smallest absolute Gasteiger partial charge is 0.260 e. The molecule has 2 aromatic carbocycles. The SMILES string of the molecule is CCc1cccc2sc(N(CCCn3ccnc3)C(=O)c3cc(OC)cc(OC)c3)nc12. The van der Waals surface area contributed by atoms with Gasteiger partial charge in [-0.2, -0.15) is 0 Å². The number of imidazole rings is 1. The van der Waals surface area contributed by atoms with Crippen LogP contribution in [-0.4, -0.2) is 41.2 Å². The summed E-state index contributed by atoms with van der Waals surface area (Å²) in [6.07, 6.45) is 7.11. The number of benzene rings is 2. The van der Waals surface area contributed by atoms with Crippen LogP contribution in [0.4, 0.5) is 5.13 Å². The number of fused-ring (bicyclic) bond motifs is 1. The monoisotopic (exact) mass is 450 g/mol. The zero-order chi connectivity index (χ0) is 22.5. The first-order valence-electron chi connectivity index (χ1n) is 10.5. The number of amides is 1. The lowest BCUT2D eigenvalue weighted by molar-refractivity contribution is 0.0985. The summed E-state index contributed by atoms with van der Waals surface area (Å²) in [6, 6.07) is 11.4. The third-order valence-corrected chi connectivity index (χ3v) is 6.35. The van der Waals surface area contributed by atoms with Crippen molar-refractivity contribution in [3.63, 3.8) is 0 Å². The van der Waals surface area contributed by atoms with Crippen molar-refractivity contribution in [1.29, 1.82) is 0 Å². The van der Waals surface area contributed by atoms with Gasteiger partial charge in [0.05, 0.1) is 30.8 Å². The molecule has 0 fully saturated rings. The number of aromatic nitrogens is 3. The Morgan fingerprint density at radius 1 is 1.16 bits per heavy atom. The summed E-state index contributed by atoms with van der Waals surface area (Å²) >= 11 is 1.54. The maximum Gasteiger partial charge on any atom is 0.260 e. The van der Waals surface area contributed by atoms with Gasteiger partial charge in [-0.25, -0.2) is 9.97 Å². The predicted octanol–water partition coefficient (Wildman–Crippen LogP) is 4.81. The number of hydrogen-bond donors (Lipinski definition) is 0. The lowest BCUT2D eigenvalue weighted by Crippen LogP contribution is -2.32. The summed E-state index contributed by atoms with van der Waals surface area (Å²) in [4.78, 5) is 24.4. The quantitative estimate of drug-likeness (QED) is 0.366. The molecule has 0 bridgehead atoms. The Labute approximate surface area is 191 Å². The van der Waals surface area contributed by atoms with Gasteiger partial charge < -0.3 is 14.0 Å². The third kappa shape index (κ3) is 4.60. The number of hydrogen-bond acceptors (Lipinski definition) is 6. The standard InChI is InChI=1S/C24H26N4O3S/c1-4-17-7-5-8-21-22(17)26-24(32-21)28(11-6-10-27-12-9-25-16-27)23(29)18-13-19(30-2)15-20(14-18)31-3/h5,7-9,12-16H,4,6,10-11H2,1-3H3. The van der Waals surface area contributed by atoms with E-state index in [1.165, 1.54) is 16.9 Å². The van der Waals surface area contributed by atoms with Gasteiger partial charge >= 0.3 is 0 Å². The molecule has 0 aliphatic heterocycles. The van der Waals surface area contributed by atoms with Crippen LogP contribution >= 0.6 is 11.3 Å². The van der Waals surface area contributed by atoms with E-state index < -0.39 is 0 Å². The normalized spacial score (nSPS) is 11.0. The summed E-state index contributed by atoms with van der Waals surface area (Å²) in [5, 5.41) is 0.693. The number of methoxy groups -OCH3 is 2. The van der Waals surface area contributed by atoms with Crippen molar-refractivity contribution in [1.82, 2.24) is 14.5 Å². The highest BCUT2D eigenvalue weighted by Gasteiger charge is 2.23. The lowest BCUT2D eigenvalue weighted by atomic mass is 10.1. The molecule has 32 heavy (non-hydrogen) atoms. The van der Waals surface area contributed by atoms with Gasteiger partial charge in [-0.1, -0.05) is 30.4 Å². The van der Waals surface area contributed by atoms with Crippen molar-refractivity contribution < 1.29 is 14.3 Å². The van der Waals surface area contributed by atoms with Crippen LogP contribution < -0.4 is 14.4 Å². The Kier molecular flexibility index (Phi) is 6.70. The number of nitrogens with zero attached hydrogens (tertiary/aromatic N) is 4. The zero-order valence-electron chi connectivity index (χ0n) is 18.4. The van der Waals surface area contributed by atoms with Crippen LogP contribution in [0.5, 0.6) is 11.5 Å². The van der Waals surface area contributed by atoms with Gasteiger partial charge in [0, 0.05) is 37.1 Å². The van der Waals surface area contributed by atoms with Crippen molar-refractivity contribution in [2.75, 3.05) is 25.7 Å². The fourth-order valence-electron chi connectivity index (χ4n) is 3.60. The number of para-hydroxylation sites is 1. The molecule has 4 aromatic rings. The van der Waals surface area contributed by atoms with E-state index in [1.807, 2.05) is 16.8 Å². The molecule has 0 spiro atoms. The number of rotatable bonds is 9. The van der Waals surface area contributed by atoms with E-state index in [0.29, 0.717) is 28.7 Å². The minimum absolute atomic E-state index is 0.134. The van der Waals surface area contributed by atoms with Crippen LogP contribution in [0.3, 0.4) is 0 Å². The Morgan fingerprint density at radius 3 is 2.59 bits per heavy atom. The van der Waals surface area contributed by atoms with Crippen LogP contribution in [-0.2, 0) is 13.0 Å². The van der Waals surface area contributed by atoms with Crippen molar-refractivity contribution in [3.8, 4) is 11.5 Å². The minimum atomic E-state index is -0.134. The van der Waals surface area contributed by atoms with Crippen LogP contribution in [0, 0.1) is 0 Å². The molecule has 0 atom stereocenters. The van der Waals surface area contributed by atoms with E-state index in [-0.39, 0.29) is 5.91 Å². The maximum atomic E-state index is 13.7. The fraction of sp³-hybridized carbons (Fsp3) is 0.292. The molecule has 0 N–H and O–H groups in total. The molecule has 0 radical (unpaired) electrons. The van der Waals surface area contributed by atoms with Gasteiger partial charge in [-0.05, 0) is 36.6 Å². The minimum Gasteiger partial charge on any atom is -0.497 e. The Hall–Kier alpha value is -3.39. The largest absolute Gasteiger partial charge is 0.497 e. The molecule has 0 saturated carbocycles. The summed E-state index contributed by atoms with van der Waals surface area (Å²) in [5.41, 5.74) is 2.64. The molecule has 0 aliphatic rings. The van der Waals surface area contributed by atoms with Gasteiger partial charge in [0.2, 0.25) is 0 Å². The molecule has 0 unspecified atom stereocenters. The van der Waals surface area contributed by atoms with E-state index in [2.05, 4.69) is 24.0 Å². The molecule has 0 saturated heterocycles. The van der Waals surface area contributed by atoms with E-state index >= 15 is 0 Å². The average Bonchev–Trinajstić information content (AvgIpc) is 3.50. The first-order valence-corrected chi connectivity index (χ1v) is 11.3. The van der Waals surface area contributed by atoms with Crippen molar-refractivity contribution in [3.05, 3.63) is 66.2 Å². The molecular formula is C24H26N4O3S. The second-order valence-corrected chi connectivity index (χ2v) is 8.34. The maximum absolute atomic E-state index is 13.7. The fourth-order valence-corrected chi connectivity index (χ4v) is 4.63. The Balaban J connectivity index is 1.69. The van der Waals surface area contributed by atoms with E-state index in [1.54, 1.807) is 49.8 Å². The summed E-state index contributed by atoms with van der Waals surface area (Å²) < 4.78 is 13.8. The Morgan fingerprint density at radius 2 is 1.94 bits per heavy atom. The highest BCUT2D eigenvalue weighted by Crippen LogP contribution is 2.33. The number of carbonyl (C=O) groups excluding carboxylic acids is 1. The zero-order valence-corrected chi connectivity index (χ0v) is 19.3. The molecule has 0 aliphatic carbocycles. The number of anilines is 1. The molecule has 2 heterocycles. The molecule has 7 nitrogen and oxygen atoms in total. The number of thiazole rings is 1. The van der Waals surface area contributed by atoms with Crippen LogP contribution in [0.15, 0.2) is 55.1 Å². The van der Waals surface area contributed by atoms with Crippen LogP contribution in [0.1, 0.15) is 29.3 Å². The highest BCUT2D eigenvalue weighted by molar-refractivity contribution is 7.22. The first-order chi connectivity index (χ1) is 15.6. The van der Waals surface area contributed by atoms with Crippen molar-refractivity contribution >= 4 is 32.6 Å². The van der Waals surface area contributed by atoms with E-state index in [4.69, 9.17) is 14.5 Å². The molecule has 4 rings (SSSR count). The number of ether oxygens (including phenoxy) is 2. The molecular weight excluding hydrogens is 424 g/mol. The Bertz CT molecular complexity index is 1180. The highest BCUT2D eigenvalue weighted by atomic mass is 32.1. The second kappa shape index (κ2) is 9.82. The summed E-state index contributed by atoms with van der Waals surface area (Å²) in [6.45, 7) is 3.40. The van der Waals surface area contributed by atoms with E-state index in [9.17, 15) is 4.79 Å². The first kappa shape index (κ1) is 21.8. The molecule has 1 amide bonds. The van der Waals surface area contributed by atoms with Gasteiger partial charge in [0.15, 0.2) is 5.13 Å². The van der Waals surface area contributed by atoms with Crippen LogP contribution in [0.25, 0.3) is 10.2 Å². The number of carbonyl (C=O) groups is 1.